The topological polar surface area (TPSA) is 81.5 Å². The number of carbonyl (C=O) groups excluding carboxylic acids is 1. The Kier molecular flexibility index (Phi) is 7.23. The molecule has 1 aromatic heterocycles. The second-order valence-corrected chi connectivity index (χ2v) is 9.48. The summed E-state index contributed by atoms with van der Waals surface area (Å²) in [5, 5.41) is 12.3. The number of ether oxygens (including phenoxy) is 2. The summed E-state index contributed by atoms with van der Waals surface area (Å²) in [6.07, 6.45) is 5.17. The summed E-state index contributed by atoms with van der Waals surface area (Å²) in [5.74, 6) is 2.16. The van der Waals surface area contributed by atoms with Crippen LogP contribution in [0.3, 0.4) is 0 Å². The fourth-order valence-electron chi connectivity index (χ4n) is 4.33. The van der Waals surface area contributed by atoms with Crippen LogP contribution in [-0.4, -0.2) is 46.1 Å². The van der Waals surface area contributed by atoms with Gasteiger partial charge >= 0.3 is 0 Å². The molecule has 0 unspecified atom stereocenters. The number of hydrogen-bond acceptors (Lipinski definition) is 7. The van der Waals surface area contributed by atoms with Crippen molar-refractivity contribution in [1.82, 2.24) is 14.8 Å². The lowest BCUT2D eigenvalue weighted by Crippen LogP contribution is -2.29. The molecule has 0 bridgehead atoms. The fraction of sp³-hybridized carbons (Fsp3) is 0.346. The van der Waals surface area contributed by atoms with Crippen molar-refractivity contribution < 1.29 is 14.3 Å². The van der Waals surface area contributed by atoms with Crippen molar-refractivity contribution in [1.29, 1.82) is 0 Å². The van der Waals surface area contributed by atoms with Crippen LogP contribution in [0.4, 0.5) is 11.4 Å². The van der Waals surface area contributed by atoms with E-state index in [4.69, 9.17) is 9.47 Å². The number of rotatable bonds is 8. The second kappa shape index (κ2) is 10.9. The number of nitrogens with one attached hydrogen (secondary N) is 1. The number of thioether (sulfide) groups is 1. The van der Waals surface area contributed by atoms with Crippen LogP contribution in [0.1, 0.15) is 31.2 Å². The zero-order valence-corrected chi connectivity index (χ0v) is 20.4. The molecule has 3 aromatic rings. The zero-order chi connectivity index (χ0) is 24.0. The lowest BCUT2D eigenvalue weighted by molar-refractivity contribution is -0.113. The number of anilines is 2. The average molecular weight is 492 g/mol. The molecule has 2 aliphatic rings. The summed E-state index contributed by atoms with van der Waals surface area (Å²) < 4.78 is 13.9. The standard InChI is InChI=1S/C26H29N5O3S/c1-2-14-31-25(23-17-33-21-8-4-5-9-22(21)34-23)28-29-26(31)35-18-24(32)27-19-10-12-20(13-11-19)30-15-6-3-7-16-30/h2,4-5,8-13,23H,1,3,6-7,14-18H2,(H,27,32)/t23-/m1/s1. The van der Waals surface area contributed by atoms with E-state index < -0.39 is 0 Å². The van der Waals surface area contributed by atoms with Gasteiger partial charge in [0.2, 0.25) is 5.91 Å². The highest BCUT2D eigenvalue weighted by Gasteiger charge is 2.28. The van der Waals surface area contributed by atoms with Crippen molar-refractivity contribution in [3.8, 4) is 11.5 Å². The molecular weight excluding hydrogens is 462 g/mol. The second-order valence-electron chi connectivity index (χ2n) is 8.54. The number of hydrogen-bond donors (Lipinski definition) is 1. The number of allylic oxidation sites excluding steroid dienone is 1. The van der Waals surface area contributed by atoms with Crippen molar-refractivity contribution in [2.75, 3.05) is 35.7 Å². The highest BCUT2D eigenvalue weighted by Crippen LogP contribution is 2.36. The normalized spacial score (nSPS) is 17.1. The maximum atomic E-state index is 12.6. The van der Waals surface area contributed by atoms with E-state index in [1.54, 1.807) is 6.08 Å². The van der Waals surface area contributed by atoms with Crippen LogP contribution in [0.15, 0.2) is 66.3 Å². The van der Waals surface area contributed by atoms with Gasteiger partial charge in [-0.05, 0) is 55.7 Å². The number of carbonyl (C=O) groups is 1. The zero-order valence-electron chi connectivity index (χ0n) is 19.6. The molecule has 5 rings (SSSR count). The van der Waals surface area contributed by atoms with Gasteiger partial charge in [-0.25, -0.2) is 0 Å². The van der Waals surface area contributed by atoms with Crippen molar-refractivity contribution in [3.63, 3.8) is 0 Å². The molecule has 8 nitrogen and oxygen atoms in total. The SMILES string of the molecule is C=CCn1c(SCC(=O)Nc2ccc(N3CCCCC3)cc2)nnc1[C@H]1COc2ccccc2O1. The highest BCUT2D eigenvalue weighted by atomic mass is 32.2. The third kappa shape index (κ3) is 5.45. The van der Waals surface area contributed by atoms with E-state index in [2.05, 4.69) is 39.1 Å². The van der Waals surface area contributed by atoms with Gasteiger partial charge in [-0.2, -0.15) is 0 Å². The average Bonchev–Trinajstić information content (AvgIpc) is 3.31. The predicted octanol–water partition coefficient (Wildman–Crippen LogP) is 4.70. The lowest BCUT2D eigenvalue weighted by atomic mass is 10.1. The molecule has 2 aromatic carbocycles. The van der Waals surface area contributed by atoms with E-state index in [0.717, 1.165) is 18.8 Å². The minimum absolute atomic E-state index is 0.0957. The molecule has 182 valence electrons. The summed E-state index contributed by atoms with van der Waals surface area (Å²) >= 11 is 1.34. The van der Waals surface area contributed by atoms with Crippen LogP contribution in [-0.2, 0) is 11.3 Å². The first-order valence-electron chi connectivity index (χ1n) is 11.9. The summed E-state index contributed by atoms with van der Waals surface area (Å²) in [6.45, 7) is 6.89. The number of benzene rings is 2. The van der Waals surface area contributed by atoms with Crippen molar-refractivity contribution in [3.05, 3.63) is 67.0 Å². The van der Waals surface area contributed by atoms with E-state index >= 15 is 0 Å². The van der Waals surface area contributed by atoms with E-state index in [0.29, 0.717) is 35.6 Å². The third-order valence-electron chi connectivity index (χ3n) is 6.06. The Hall–Kier alpha value is -3.46. The van der Waals surface area contributed by atoms with Crippen LogP contribution >= 0.6 is 11.8 Å². The summed E-state index contributed by atoms with van der Waals surface area (Å²) in [5.41, 5.74) is 2.00. The maximum Gasteiger partial charge on any atom is 0.234 e. The molecule has 1 amide bonds. The first kappa shape index (κ1) is 23.3. The number of aromatic nitrogens is 3. The van der Waals surface area contributed by atoms with Crippen LogP contribution in [0, 0.1) is 0 Å². The molecule has 2 aliphatic heterocycles. The Morgan fingerprint density at radius 2 is 1.86 bits per heavy atom. The molecular formula is C26H29N5O3S. The van der Waals surface area contributed by atoms with E-state index in [1.165, 1.54) is 36.7 Å². The van der Waals surface area contributed by atoms with Crippen LogP contribution in [0.25, 0.3) is 0 Å². The molecule has 3 heterocycles. The smallest absolute Gasteiger partial charge is 0.234 e. The molecule has 1 N–H and O–H groups in total. The van der Waals surface area contributed by atoms with Gasteiger partial charge in [-0.3, -0.25) is 9.36 Å². The molecule has 0 saturated carbocycles. The van der Waals surface area contributed by atoms with Gasteiger partial charge < -0.3 is 19.7 Å². The number of piperidine rings is 1. The molecule has 35 heavy (non-hydrogen) atoms. The Morgan fingerprint density at radius 1 is 1.09 bits per heavy atom. The van der Waals surface area contributed by atoms with E-state index in [9.17, 15) is 4.79 Å². The molecule has 9 heteroatoms. The first-order chi connectivity index (χ1) is 17.2. The molecule has 0 aliphatic carbocycles. The third-order valence-corrected chi connectivity index (χ3v) is 7.03. The van der Waals surface area contributed by atoms with Crippen molar-refractivity contribution in [2.45, 2.75) is 37.1 Å². The number of para-hydroxylation sites is 2. The molecule has 1 saturated heterocycles. The largest absolute Gasteiger partial charge is 0.485 e. The molecule has 1 atom stereocenters. The Balaban J connectivity index is 1.20. The van der Waals surface area contributed by atoms with Gasteiger partial charge in [0.05, 0.1) is 5.75 Å². The Bertz CT molecular complexity index is 1170. The van der Waals surface area contributed by atoms with Crippen LogP contribution in [0.2, 0.25) is 0 Å². The minimum atomic E-state index is -0.390. The van der Waals surface area contributed by atoms with Gasteiger partial charge in [-0.15, -0.1) is 16.8 Å². The fourth-order valence-corrected chi connectivity index (χ4v) is 5.08. The van der Waals surface area contributed by atoms with Crippen molar-refractivity contribution >= 4 is 29.0 Å². The Labute approximate surface area is 209 Å². The van der Waals surface area contributed by atoms with Gasteiger partial charge in [0.25, 0.3) is 0 Å². The van der Waals surface area contributed by atoms with E-state index in [1.807, 2.05) is 41.0 Å². The van der Waals surface area contributed by atoms with E-state index in [-0.39, 0.29) is 17.8 Å². The summed E-state index contributed by atoms with van der Waals surface area (Å²) in [6, 6.07) is 15.6. The highest BCUT2D eigenvalue weighted by molar-refractivity contribution is 7.99. The monoisotopic (exact) mass is 491 g/mol. The van der Waals surface area contributed by atoms with Crippen LogP contribution < -0.4 is 19.7 Å². The minimum Gasteiger partial charge on any atom is -0.485 e. The lowest BCUT2D eigenvalue weighted by Gasteiger charge is -2.28. The quantitative estimate of drug-likeness (QED) is 0.361. The summed E-state index contributed by atoms with van der Waals surface area (Å²) in [7, 11) is 0. The predicted molar refractivity (Wildman–Crippen MR) is 137 cm³/mol. The van der Waals surface area contributed by atoms with Crippen molar-refractivity contribution in [2.24, 2.45) is 0 Å². The molecule has 1 fully saturated rings. The number of fused-ring (bicyclic) bond motifs is 1. The molecule has 0 radical (unpaired) electrons. The summed E-state index contributed by atoms with van der Waals surface area (Å²) in [4.78, 5) is 15.0. The van der Waals surface area contributed by atoms with Gasteiger partial charge in [0, 0.05) is 31.0 Å². The Morgan fingerprint density at radius 3 is 2.63 bits per heavy atom. The van der Waals surface area contributed by atoms with Gasteiger partial charge in [-0.1, -0.05) is 30.0 Å². The maximum absolute atomic E-state index is 12.6. The number of nitrogens with zero attached hydrogens (tertiary/aromatic N) is 4. The number of amides is 1. The first-order valence-corrected chi connectivity index (χ1v) is 12.9. The molecule has 0 spiro atoms. The van der Waals surface area contributed by atoms with Crippen LogP contribution in [0.5, 0.6) is 11.5 Å². The van der Waals surface area contributed by atoms with Gasteiger partial charge in [0.15, 0.2) is 28.6 Å². The van der Waals surface area contributed by atoms with Gasteiger partial charge in [0.1, 0.15) is 6.61 Å².